The monoisotopic (exact) mass is 280 g/mol. The van der Waals surface area contributed by atoms with E-state index in [9.17, 15) is 15.2 Å². The lowest BCUT2D eigenvalue weighted by Gasteiger charge is -2.16. The molecule has 0 aliphatic heterocycles. The Morgan fingerprint density at radius 2 is 2.25 bits per heavy atom. The Kier molecular flexibility index (Phi) is 5.67. The fraction of sp³-hybridized carbons (Fsp3) is 0.615. The van der Waals surface area contributed by atoms with Crippen LogP contribution in [0.2, 0.25) is 0 Å². The first-order valence-electron chi connectivity index (χ1n) is 6.40. The number of hydrogen-bond donors (Lipinski definition) is 2. The third kappa shape index (κ3) is 4.05. The molecular formula is C13H20N4O3. The minimum absolute atomic E-state index is 0.00542. The number of rotatable bonds is 7. The van der Waals surface area contributed by atoms with Gasteiger partial charge in [-0.3, -0.25) is 14.8 Å². The van der Waals surface area contributed by atoms with Gasteiger partial charge in [0.2, 0.25) is 0 Å². The van der Waals surface area contributed by atoms with Crippen molar-refractivity contribution >= 4 is 5.69 Å². The number of nitrogens with zero attached hydrogens (tertiary/aromatic N) is 3. The van der Waals surface area contributed by atoms with Crippen molar-refractivity contribution < 1.29 is 10.0 Å². The third-order valence-corrected chi connectivity index (χ3v) is 3.04. The van der Waals surface area contributed by atoms with Crippen LogP contribution in [-0.2, 0) is 6.54 Å². The van der Waals surface area contributed by atoms with Crippen LogP contribution in [0.4, 0.5) is 5.69 Å². The highest BCUT2D eigenvalue weighted by molar-refractivity contribution is 5.39. The molecule has 0 amide bonds. The minimum atomic E-state index is -0.687. The molecule has 2 atom stereocenters. The molecule has 1 heterocycles. The summed E-state index contributed by atoms with van der Waals surface area (Å²) >= 11 is 0. The summed E-state index contributed by atoms with van der Waals surface area (Å²) < 4.78 is 1.46. The number of nitrogens with one attached hydrogen (secondary N) is 1. The summed E-state index contributed by atoms with van der Waals surface area (Å²) in [6, 6.07) is 0.115. The molecule has 0 spiro atoms. The largest absolute Gasteiger partial charge is 0.390 e. The average molecular weight is 280 g/mol. The molecule has 1 aromatic rings. The molecule has 0 saturated heterocycles. The summed E-state index contributed by atoms with van der Waals surface area (Å²) in [5.41, 5.74) is 0.808. The molecule has 0 fully saturated rings. The van der Waals surface area contributed by atoms with E-state index in [1.54, 1.807) is 13.8 Å². The van der Waals surface area contributed by atoms with Gasteiger partial charge >= 0.3 is 5.69 Å². The number of aliphatic hydroxyl groups is 1. The molecule has 2 unspecified atom stereocenters. The third-order valence-electron chi connectivity index (χ3n) is 3.04. The van der Waals surface area contributed by atoms with Gasteiger partial charge in [0.15, 0.2) is 0 Å². The average Bonchev–Trinajstić information content (AvgIpc) is 2.62. The molecule has 1 aromatic heterocycles. The molecule has 0 bridgehead atoms. The first-order chi connectivity index (χ1) is 9.36. The van der Waals surface area contributed by atoms with E-state index in [0.717, 1.165) is 0 Å². The molecule has 2 N–H and O–H groups in total. The van der Waals surface area contributed by atoms with Gasteiger partial charge in [-0.1, -0.05) is 0 Å². The van der Waals surface area contributed by atoms with Gasteiger partial charge in [0.05, 0.1) is 17.6 Å². The predicted octanol–water partition coefficient (Wildman–Crippen LogP) is 0.770. The highest BCUT2D eigenvalue weighted by atomic mass is 16.6. The molecule has 110 valence electrons. The van der Waals surface area contributed by atoms with Crippen molar-refractivity contribution in [3.63, 3.8) is 0 Å². The number of aryl methyl sites for hydroxylation is 1. The second-order valence-electron chi connectivity index (χ2n) is 4.83. The molecule has 0 aromatic carbocycles. The maximum Gasteiger partial charge on any atom is 0.312 e. The second kappa shape index (κ2) is 7.03. The van der Waals surface area contributed by atoms with Gasteiger partial charge in [-0.05, 0) is 20.8 Å². The lowest BCUT2D eigenvalue weighted by Crippen LogP contribution is -2.36. The SMILES string of the molecule is C#CCC(C)NCC(O)Cn1nc(C)c([N+](=O)[O-])c1C. The first kappa shape index (κ1) is 16.1. The molecular weight excluding hydrogens is 260 g/mol. The van der Waals surface area contributed by atoms with E-state index in [1.165, 1.54) is 4.68 Å². The van der Waals surface area contributed by atoms with Crippen LogP contribution in [0.1, 0.15) is 24.7 Å². The quantitative estimate of drug-likeness (QED) is 0.437. The van der Waals surface area contributed by atoms with E-state index in [1.807, 2.05) is 6.92 Å². The van der Waals surface area contributed by atoms with E-state index in [4.69, 9.17) is 6.42 Å². The summed E-state index contributed by atoms with van der Waals surface area (Å²) in [6.45, 7) is 5.70. The van der Waals surface area contributed by atoms with Crippen LogP contribution < -0.4 is 5.32 Å². The lowest BCUT2D eigenvalue weighted by molar-refractivity contribution is -0.386. The zero-order valence-electron chi connectivity index (χ0n) is 12.0. The van der Waals surface area contributed by atoms with Crippen LogP contribution in [0.5, 0.6) is 0 Å². The smallest absolute Gasteiger partial charge is 0.312 e. The molecule has 0 aliphatic rings. The van der Waals surface area contributed by atoms with Crippen LogP contribution in [-0.4, -0.2) is 38.5 Å². The maximum absolute atomic E-state index is 10.9. The van der Waals surface area contributed by atoms with Crippen molar-refractivity contribution in [2.75, 3.05) is 6.54 Å². The first-order valence-corrected chi connectivity index (χ1v) is 6.40. The van der Waals surface area contributed by atoms with Gasteiger partial charge in [-0.25, -0.2) is 0 Å². The summed E-state index contributed by atoms with van der Waals surface area (Å²) in [5, 5.41) is 28.0. The number of aliphatic hydroxyl groups excluding tert-OH is 1. The van der Waals surface area contributed by atoms with Crippen molar-refractivity contribution in [3.8, 4) is 12.3 Å². The zero-order chi connectivity index (χ0) is 15.3. The molecule has 7 nitrogen and oxygen atoms in total. The van der Waals surface area contributed by atoms with Crippen molar-refractivity contribution in [2.45, 2.75) is 45.9 Å². The topological polar surface area (TPSA) is 93.2 Å². The summed E-state index contributed by atoms with van der Waals surface area (Å²) in [6.07, 6.45) is 5.09. The fourth-order valence-corrected chi connectivity index (χ4v) is 1.98. The highest BCUT2D eigenvalue weighted by Crippen LogP contribution is 2.21. The maximum atomic E-state index is 10.9. The molecule has 7 heteroatoms. The lowest BCUT2D eigenvalue weighted by atomic mass is 10.2. The standard InChI is InChI=1S/C13H20N4O3/c1-5-6-9(2)14-7-12(18)8-16-11(4)13(17(19)20)10(3)15-16/h1,9,12,14,18H,6-8H2,2-4H3. The van der Waals surface area contributed by atoms with Gasteiger partial charge < -0.3 is 10.4 Å². The van der Waals surface area contributed by atoms with Crippen LogP contribution in [0, 0.1) is 36.3 Å². The molecule has 0 saturated carbocycles. The van der Waals surface area contributed by atoms with Crippen molar-refractivity contribution in [1.82, 2.24) is 15.1 Å². The molecule has 1 rings (SSSR count). The Labute approximate surface area is 118 Å². The van der Waals surface area contributed by atoms with Crippen LogP contribution >= 0.6 is 0 Å². The van der Waals surface area contributed by atoms with E-state index in [-0.39, 0.29) is 18.3 Å². The Balaban J connectivity index is 2.63. The summed E-state index contributed by atoms with van der Waals surface area (Å²) in [5.74, 6) is 2.54. The second-order valence-corrected chi connectivity index (χ2v) is 4.83. The summed E-state index contributed by atoms with van der Waals surface area (Å²) in [7, 11) is 0. The van der Waals surface area contributed by atoms with Gasteiger partial charge in [0.25, 0.3) is 0 Å². The van der Waals surface area contributed by atoms with E-state index in [0.29, 0.717) is 24.4 Å². The van der Waals surface area contributed by atoms with Crippen molar-refractivity contribution in [2.24, 2.45) is 0 Å². The summed E-state index contributed by atoms with van der Waals surface area (Å²) in [4.78, 5) is 10.4. The van der Waals surface area contributed by atoms with Gasteiger partial charge in [-0.15, -0.1) is 12.3 Å². The number of terminal acetylenes is 1. The van der Waals surface area contributed by atoms with E-state index >= 15 is 0 Å². The van der Waals surface area contributed by atoms with Crippen molar-refractivity contribution in [1.29, 1.82) is 0 Å². The minimum Gasteiger partial charge on any atom is -0.390 e. The van der Waals surface area contributed by atoms with E-state index < -0.39 is 11.0 Å². The van der Waals surface area contributed by atoms with Crippen LogP contribution in [0.25, 0.3) is 0 Å². The van der Waals surface area contributed by atoms with Crippen molar-refractivity contribution in [3.05, 3.63) is 21.5 Å². The van der Waals surface area contributed by atoms with Crippen LogP contribution in [0.15, 0.2) is 0 Å². The molecule has 20 heavy (non-hydrogen) atoms. The number of aromatic nitrogens is 2. The number of hydrogen-bond acceptors (Lipinski definition) is 5. The van der Waals surface area contributed by atoms with E-state index in [2.05, 4.69) is 16.3 Å². The van der Waals surface area contributed by atoms with Gasteiger partial charge in [0, 0.05) is 19.0 Å². The Morgan fingerprint density at radius 1 is 1.60 bits per heavy atom. The van der Waals surface area contributed by atoms with Crippen LogP contribution in [0.3, 0.4) is 0 Å². The Morgan fingerprint density at radius 3 is 2.75 bits per heavy atom. The van der Waals surface area contributed by atoms with Gasteiger partial charge in [0.1, 0.15) is 11.4 Å². The zero-order valence-corrected chi connectivity index (χ0v) is 12.0. The predicted molar refractivity (Wildman–Crippen MR) is 75.3 cm³/mol. The number of nitro groups is 1. The Hall–Kier alpha value is -1.91. The Bertz CT molecular complexity index is 518. The fourth-order valence-electron chi connectivity index (χ4n) is 1.98. The normalized spacial score (nSPS) is 13.8. The van der Waals surface area contributed by atoms with Gasteiger partial charge in [-0.2, -0.15) is 5.10 Å². The molecule has 0 aliphatic carbocycles. The highest BCUT2D eigenvalue weighted by Gasteiger charge is 2.22. The molecule has 0 radical (unpaired) electrons.